The van der Waals surface area contributed by atoms with Crippen LogP contribution in [0.3, 0.4) is 0 Å². The van der Waals surface area contributed by atoms with Crippen LogP contribution in [0.2, 0.25) is 0 Å². The number of thioether (sulfide) groups is 1. The van der Waals surface area contributed by atoms with Gasteiger partial charge in [-0.3, -0.25) is 4.79 Å². The summed E-state index contributed by atoms with van der Waals surface area (Å²) in [6, 6.07) is 22.0. The van der Waals surface area contributed by atoms with Crippen molar-refractivity contribution in [2.45, 2.75) is 17.7 Å². The highest BCUT2D eigenvalue weighted by Crippen LogP contribution is 2.42. The van der Waals surface area contributed by atoms with E-state index in [1.807, 2.05) is 59.5 Å². The van der Waals surface area contributed by atoms with Crippen molar-refractivity contribution in [1.82, 2.24) is 4.90 Å². The smallest absolute Gasteiger partial charge is 0.414 e. The molecular weight excluding hydrogens is 572 g/mol. The Labute approximate surface area is 255 Å². The number of benzene rings is 3. The lowest BCUT2D eigenvalue weighted by Gasteiger charge is -2.24. The molecule has 11 heteroatoms. The zero-order valence-corrected chi connectivity index (χ0v) is 25.4. The second kappa shape index (κ2) is 16.2. The van der Waals surface area contributed by atoms with Gasteiger partial charge in [0.05, 0.1) is 27.0 Å². The number of aliphatic carboxylic acids is 2. The summed E-state index contributed by atoms with van der Waals surface area (Å²) >= 11 is 1.63. The Morgan fingerprint density at radius 1 is 0.860 bits per heavy atom. The van der Waals surface area contributed by atoms with Gasteiger partial charge >= 0.3 is 11.9 Å². The maximum atomic E-state index is 13.4. The first-order valence-electron chi connectivity index (χ1n) is 13.5. The van der Waals surface area contributed by atoms with E-state index in [9.17, 15) is 4.79 Å². The highest BCUT2D eigenvalue weighted by Gasteiger charge is 2.23. The number of amides is 1. The maximum Gasteiger partial charge on any atom is 0.414 e. The summed E-state index contributed by atoms with van der Waals surface area (Å²) < 4.78 is 16.0. The first kappa shape index (κ1) is 33.0. The number of hydrogen-bond acceptors (Lipinski definition) is 8. The Morgan fingerprint density at radius 3 is 2.16 bits per heavy atom. The number of carboxylic acids is 2. The number of carbonyl (C=O) groups excluding carboxylic acids is 1. The van der Waals surface area contributed by atoms with Crippen LogP contribution < -0.4 is 19.1 Å². The number of fused-ring (bicyclic) bond motifs is 1. The van der Waals surface area contributed by atoms with Crippen molar-refractivity contribution in [2.75, 3.05) is 52.9 Å². The molecule has 3 aromatic carbocycles. The topological polar surface area (TPSA) is 126 Å². The average Bonchev–Trinajstić information content (AvgIpc) is 3.16. The van der Waals surface area contributed by atoms with E-state index < -0.39 is 11.9 Å². The summed E-state index contributed by atoms with van der Waals surface area (Å²) in [4.78, 5) is 37.8. The van der Waals surface area contributed by atoms with Crippen LogP contribution in [0.15, 0.2) is 77.7 Å². The van der Waals surface area contributed by atoms with Gasteiger partial charge in [-0.2, -0.15) is 0 Å². The Morgan fingerprint density at radius 2 is 1.53 bits per heavy atom. The summed E-state index contributed by atoms with van der Waals surface area (Å²) in [5, 5.41) is 14.8. The highest BCUT2D eigenvalue weighted by atomic mass is 32.2. The van der Waals surface area contributed by atoms with Gasteiger partial charge < -0.3 is 34.2 Å². The number of hydrogen-bond donors (Lipinski definition) is 2. The Bertz CT molecular complexity index is 1430. The zero-order chi connectivity index (χ0) is 31.4. The summed E-state index contributed by atoms with van der Waals surface area (Å²) in [6.45, 7) is 2.46. The quantitative estimate of drug-likeness (QED) is 0.290. The van der Waals surface area contributed by atoms with E-state index in [4.69, 9.17) is 34.0 Å². The number of carbonyl (C=O) groups is 3. The second-order valence-corrected chi connectivity index (χ2v) is 10.6. The van der Waals surface area contributed by atoms with Gasteiger partial charge in [-0.25, -0.2) is 9.59 Å². The molecular formula is C32H36N2O8S. The summed E-state index contributed by atoms with van der Waals surface area (Å²) in [5.74, 6) is -1.35. The summed E-state index contributed by atoms with van der Waals surface area (Å²) in [5.41, 5.74) is 3.17. The van der Waals surface area contributed by atoms with Crippen LogP contribution in [0.4, 0.5) is 5.69 Å². The molecule has 0 aliphatic carbocycles. The zero-order valence-electron chi connectivity index (χ0n) is 24.6. The molecule has 0 saturated carbocycles. The molecule has 1 aliphatic heterocycles. The Kier molecular flexibility index (Phi) is 12.5. The van der Waals surface area contributed by atoms with Gasteiger partial charge in [0.15, 0.2) is 11.5 Å². The van der Waals surface area contributed by atoms with Gasteiger partial charge in [0, 0.05) is 29.0 Å². The summed E-state index contributed by atoms with van der Waals surface area (Å²) in [6.07, 6.45) is 3.54. The third-order valence-electron chi connectivity index (χ3n) is 6.61. The number of anilines is 1. The molecule has 0 fully saturated rings. The molecule has 1 amide bonds. The van der Waals surface area contributed by atoms with Crippen molar-refractivity contribution >= 4 is 40.2 Å². The lowest BCUT2D eigenvalue weighted by molar-refractivity contribution is -0.159. The average molecular weight is 609 g/mol. The minimum absolute atomic E-state index is 0.0104. The monoisotopic (exact) mass is 608 g/mol. The molecule has 0 saturated heterocycles. The van der Waals surface area contributed by atoms with E-state index in [0.717, 1.165) is 64.2 Å². The van der Waals surface area contributed by atoms with Gasteiger partial charge in [-0.05, 0) is 74.0 Å². The third kappa shape index (κ3) is 9.52. The fraction of sp³-hybridized carbons (Fsp3) is 0.281. The minimum atomic E-state index is -1.82. The Hall–Kier alpha value is -4.48. The fourth-order valence-electron chi connectivity index (χ4n) is 4.32. The lowest BCUT2D eigenvalue weighted by atomic mass is 10.1. The first-order valence-corrected chi connectivity index (χ1v) is 14.3. The van der Waals surface area contributed by atoms with Crippen molar-refractivity contribution in [3.05, 3.63) is 83.9 Å². The van der Waals surface area contributed by atoms with Crippen molar-refractivity contribution in [2.24, 2.45) is 0 Å². The van der Waals surface area contributed by atoms with E-state index in [2.05, 4.69) is 24.1 Å². The van der Waals surface area contributed by atoms with Gasteiger partial charge in [-0.1, -0.05) is 42.1 Å². The number of ether oxygens (including phenoxy) is 3. The first-order chi connectivity index (χ1) is 20.7. The van der Waals surface area contributed by atoms with Crippen molar-refractivity contribution in [3.63, 3.8) is 0 Å². The number of methoxy groups -OCH3 is 3. The predicted molar refractivity (Wildman–Crippen MR) is 166 cm³/mol. The molecule has 0 aromatic heterocycles. The van der Waals surface area contributed by atoms with Gasteiger partial charge in [-0.15, -0.1) is 0 Å². The minimum Gasteiger partial charge on any atom is -0.497 e. The number of para-hydroxylation sites is 1. The van der Waals surface area contributed by atoms with E-state index >= 15 is 0 Å². The fourth-order valence-corrected chi connectivity index (χ4v) is 5.40. The van der Waals surface area contributed by atoms with Crippen LogP contribution in [0.5, 0.6) is 17.2 Å². The molecule has 0 unspecified atom stereocenters. The van der Waals surface area contributed by atoms with Gasteiger partial charge in [0.1, 0.15) is 5.75 Å². The second-order valence-electron chi connectivity index (χ2n) is 9.50. The van der Waals surface area contributed by atoms with Crippen molar-refractivity contribution < 1.29 is 38.8 Å². The van der Waals surface area contributed by atoms with Crippen LogP contribution in [0.1, 0.15) is 17.5 Å². The molecule has 1 heterocycles. The molecule has 2 N–H and O–H groups in total. The maximum absolute atomic E-state index is 13.4. The normalized spacial score (nSPS) is 12.3. The number of likely N-dealkylation sites (N-methyl/N-ethyl adjacent to an activating group) is 1. The molecule has 43 heavy (non-hydrogen) atoms. The number of carboxylic acid groups (broad SMARTS) is 2. The molecule has 1 aliphatic rings. The van der Waals surface area contributed by atoms with Crippen molar-refractivity contribution in [3.8, 4) is 17.2 Å². The van der Waals surface area contributed by atoms with E-state index in [0.29, 0.717) is 6.54 Å². The van der Waals surface area contributed by atoms with Gasteiger partial charge in [0.2, 0.25) is 0 Å². The van der Waals surface area contributed by atoms with Crippen LogP contribution >= 0.6 is 11.8 Å². The predicted octanol–water partition coefficient (Wildman–Crippen LogP) is 4.91. The molecule has 0 bridgehead atoms. The third-order valence-corrected chi connectivity index (χ3v) is 7.74. The molecule has 10 nitrogen and oxygen atoms in total. The number of nitrogens with zero attached hydrogens (tertiary/aromatic N) is 2. The molecule has 0 atom stereocenters. The molecule has 228 valence electrons. The Balaban J connectivity index is 0.000000765. The molecule has 0 spiro atoms. The van der Waals surface area contributed by atoms with Crippen molar-refractivity contribution in [1.29, 1.82) is 0 Å². The van der Waals surface area contributed by atoms with E-state index in [1.165, 1.54) is 5.56 Å². The van der Waals surface area contributed by atoms with E-state index in [-0.39, 0.29) is 5.91 Å². The van der Waals surface area contributed by atoms with E-state index in [1.54, 1.807) is 39.2 Å². The van der Waals surface area contributed by atoms with Crippen LogP contribution in [0.25, 0.3) is 4.91 Å². The van der Waals surface area contributed by atoms with Crippen LogP contribution in [-0.2, 0) is 20.8 Å². The standard InChI is InChI=1S/C30H34N2O4S.C2H2O4/c1-31(19-16-22-10-15-26(35-3)27(20-22)36-4)17-7-18-32-25-8-5-6-9-28(25)37-29(21-30(32)33)23-11-13-24(34-2)14-12-23;3-1(4)2(5)6/h5-6,8-15,20-21H,7,16-19H2,1-4H3;(H,3,4)(H,5,6). The highest BCUT2D eigenvalue weighted by molar-refractivity contribution is 8.08. The molecule has 4 rings (SSSR count). The SMILES string of the molecule is COc1ccc(C2=CC(=O)N(CCCN(C)CCc3ccc(OC)c(OC)c3)c3ccccc3S2)cc1.O=C(O)C(=O)O. The molecule has 0 radical (unpaired) electrons. The number of rotatable bonds is 11. The van der Waals surface area contributed by atoms with Crippen LogP contribution in [0, 0.1) is 0 Å². The lowest BCUT2D eigenvalue weighted by Crippen LogP contribution is -2.33. The van der Waals surface area contributed by atoms with Crippen LogP contribution in [-0.4, -0.2) is 81.0 Å². The van der Waals surface area contributed by atoms with Gasteiger partial charge in [0.25, 0.3) is 5.91 Å². The molecule has 3 aromatic rings. The summed E-state index contributed by atoms with van der Waals surface area (Å²) in [7, 11) is 7.08. The largest absolute Gasteiger partial charge is 0.497 e.